The molecule has 0 aromatic carbocycles. The topological polar surface area (TPSA) is 29.1 Å². The lowest BCUT2D eigenvalue weighted by atomic mass is 10.1. The third-order valence-corrected chi connectivity index (χ3v) is 1.79. The van der Waals surface area contributed by atoms with Gasteiger partial charge >= 0.3 is 23.4 Å². The van der Waals surface area contributed by atoms with Crippen LogP contribution in [0.2, 0.25) is 0 Å². The molecule has 0 radical (unpaired) electrons. The van der Waals surface area contributed by atoms with Crippen molar-refractivity contribution in [3.63, 3.8) is 0 Å². The first kappa shape index (κ1) is 15.2. The van der Waals surface area contributed by atoms with Crippen molar-refractivity contribution in [1.82, 2.24) is 5.32 Å². The zero-order valence-corrected chi connectivity index (χ0v) is 9.12. The van der Waals surface area contributed by atoms with Crippen molar-refractivity contribution >= 4 is 15.1 Å². The highest BCUT2D eigenvalue weighted by molar-refractivity contribution is 7.18. The molecule has 0 saturated heterocycles. The van der Waals surface area contributed by atoms with E-state index in [1.54, 1.807) is 0 Å². The van der Waals surface area contributed by atoms with Gasteiger partial charge in [-0.25, -0.2) is 0 Å². The van der Waals surface area contributed by atoms with Gasteiger partial charge in [0.1, 0.15) is 0 Å². The highest BCUT2D eigenvalue weighted by atomic mass is 31.0. The molecule has 1 amide bonds. The molecule has 0 aliphatic heterocycles. The Kier molecular flexibility index (Phi) is 4.03. The van der Waals surface area contributed by atoms with E-state index in [2.05, 4.69) is 6.58 Å². The summed E-state index contributed by atoms with van der Waals surface area (Å²) in [6.45, 7) is 3.98. The van der Waals surface area contributed by atoms with Crippen molar-refractivity contribution < 1.29 is 31.1 Å². The monoisotopic (exact) mass is 267 g/mol. The van der Waals surface area contributed by atoms with Crippen LogP contribution in [0, 0.1) is 0 Å². The lowest BCUT2D eigenvalue weighted by molar-refractivity contribution is -0.266. The van der Waals surface area contributed by atoms with Crippen LogP contribution in [0.1, 0.15) is 6.92 Å². The van der Waals surface area contributed by atoms with E-state index in [0.717, 1.165) is 6.92 Å². The van der Waals surface area contributed by atoms with Crippen molar-refractivity contribution in [2.45, 2.75) is 24.4 Å². The third kappa shape index (κ3) is 2.66. The lowest BCUT2D eigenvalue weighted by Gasteiger charge is -2.29. The average molecular weight is 267 g/mol. The van der Waals surface area contributed by atoms with Crippen LogP contribution >= 0.6 is 9.24 Å². The number of hydrogen-bond donors (Lipinski definition) is 1. The molecular weight excluding hydrogens is 259 g/mol. The second kappa shape index (κ2) is 4.24. The van der Waals surface area contributed by atoms with Crippen molar-refractivity contribution in [2.24, 2.45) is 0 Å². The summed E-state index contributed by atoms with van der Waals surface area (Å²) < 4.78 is 75.2. The molecule has 16 heavy (non-hydrogen) atoms. The largest absolute Gasteiger partial charge is 0.393 e. The van der Waals surface area contributed by atoms with Gasteiger partial charge in [0, 0.05) is 5.70 Å². The van der Waals surface area contributed by atoms with Crippen LogP contribution in [0.5, 0.6) is 0 Å². The Morgan fingerprint density at radius 2 is 1.56 bits per heavy atom. The van der Waals surface area contributed by atoms with Gasteiger partial charge < -0.3 is 5.32 Å². The van der Waals surface area contributed by atoms with Crippen LogP contribution < -0.4 is 5.32 Å². The molecule has 9 heteroatoms. The summed E-state index contributed by atoms with van der Waals surface area (Å²) in [7, 11) is 0.272. The number of amides is 1. The normalized spacial score (nSPS) is 13.5. The molecule has 2 nitrogen and oxygen atoms in total. The molecule has 0 aromatic heterocycles. The van der Waals surface area contributed by atoms with Crippen molar-refractivity contribution in [1.29, 1.82) is 0 Å². The Labute approximate surface area is 89.3 Å². The summed E-state index contributed by atoms with van der Waals surface area (Å²) in [6, 6.07) is 0. The van der Waals surface area contributed by atoms with E-state index in [1.165, 1.54) is 5.32 Å². The molecule has 94 valence electrons. The minimum absolute atomic E-state index is 0.272. The standard InChI is InChI=1S/C7H8F6NOP/c1-3(2)14-4(15)5(8,9)6(10,11)7(12,13)16/h1,16H2,2H3,(H,14,15). The van der Waals surface area contributed by atoms with Crippen LogP contribution in [-0.4, -0.2) is 23.4 Å². The maximum atomic E-state index is 12.8. The van der Waals surface area contributed by atoms with Crippen LogP contribution in [0.3, 0.4) is 0 Å². The van der Waals surface area contributed by atoms with E-state index in [1.807, 2.05) is 0 Å². The molecule has 0 spiro atoms. The minimum Gasteiger partial charge on any atom is -0.325 e. The zero-order chi connectivity index (χ0) is 13.4. The van der Waals surface area contributed by atoms with Crippen molar-refractivity contribution in [2.75, 3.05) is 0 Å². The van der Waals surface area contributed by atoms with Crippen LogP contribution in [-0.2, 0) is 4.79 Å². The Morgan fingerprint density at radius 3 is 1.81 bits per heavy atom. The molecule has 0 aliphatic rings. The van der Waals surface area contributed by atoms with Gasteiger partial charge in [-0.2, -0.15) is 26.3 Å². The molecule has 0 aliphatic carbocycles. The van der Waals surface area contributed by atoms with Gasteiger partial charge in [0.2, 0.25) is 0 Å². The quantitative estimate of drug-likeness (QED) is 0.615. The minimum atomic E-state index is -5.82. The first-order valence-corrected chi connectivity index (χ1v) is 4.31. The number of halogens is 6. The van der Waals surface area contributed by atoms with E-state index < -0.39 is 23.4 Å². The summed E-state index contributed by atoms with van der Waals surface area (Å²) >= 11 is 0. The molecular formula is C7H8F6NOP. The van der Waals surface area contributed by atoms with Gasteiger partial charge in [-0.15, -0.1) is 0 Å². The second-order valence-electron chi connectivity index (χ2n) is 3.01. The highest BCUT2D eigenvalue weighted by Crippen LogP contribution is 2.49. The summed E-state index contributed by atoms with van der Waals surface area (Å²) in [6.07, 6.45) is 0. The number of carbonyl (C=O) groups excluding carboxylic acids is 1. The smallest absolute Gasteiger partial charge is 0.325 e. The van der Waals surface area contributed by atoms with Crippen LogP contribution in [0.15, 0.2) is 12.3 Å². The fourth-order valence-electron chi connectivity index (χ4n) is 0.624. The summed E-state index contributed by atoms with van der Waals surface area (Å²) in [5.41, 5.74) is -5.48. The Bertz CT molecular complexity index is 310. The van der Waals surface area contributed by atoms with Crippen molar-refractivity contribution in [3.8, 4) is 0 Å². The van der Waals surface area contributed by atoms with Gasteiger partial charge in [-0.3, -0.25) is 4.79 Å². The Morgan fingerprint density at radius 1 is 1.19 bits per heavy atom. The SMILES string of the molecule is C=C(C)NC(=O)C(F)(F)C(F)(F)C(F)(F)P. The zero-order valence-electron chi connectivity index (χ0n) is 7.96. The molecule has 0 fully saturated rings. The summed E-state index contributed by atoms with van der Waals surface area (Å²) in [5, 5.41) is 1.26. The number of carbonyl (C=O) groups is 1. The first-order chi connectivity index (χ1) is 6.84. The van der Waals surface area contributed by atoms with E-state index in [9.17, 15) is 31.1 Å². The predicted molar refractivity (Wildman–Crippen MR) is 47.5 cm³/mol. The lowest BCUT2D eigenvalue weighted by Crippen LogP contribution is -2.58. The van der Waals surface area contributed by atoms with E-state index in [0.29, 0.717) is 0 Å². The molecule has 1 N–H and O–H groups in total. The molecule has 0 rings (SSSR count). The molecule has 1 atom stereocenters. The average Bonchev–Trinajstić information content (AvgIpc) is 2.00. The molecule has 0 saturated carbocycles. The first-order valence-electron chi connectivity index (χ1n) is 3.73. The number of hydrogen-bond acceptors (Lipinski definition) is 1. The third-order valence-electron chi connectivity index (χ3n) is 1.43. The van der Waals surface area contributed by atoms with Crippen LogP contribution in [0.4, 0.5) is 26.3 Å². The Hall–Kier alpha value is -0.780. The Balaban J connectivity index is 5.19. The molecule has 1 unspecified atom stereocenters. The maximum absolute atomic E-state index is 12.8. The fraction of sp³-hybridized carbons (Fsp3) is 0.571. The fourth-order valence-corrected chi connectivity index (χ4v) is 0.805. The van der Waals surface area contributed by atoms with Gasteiger partial charge in [0.05, 0.1) is 0 Å². The molecule has 0 bridgehead atoms. The van der Waals surface area contributed by atoms with Gasteiger partial charge in [0.25, 0.3) is 0 Å². The van der Waals surface area contributed by atoms with Gasteiger partial charge in [-0.05, 0) is 6.92 Å². The maximum Gasteiger partial charge on any atom is 0.393 e. The number of allylic oxidation sites excluding steroid dienone is 1. The van der Waals surface area contributed by atoms with E-state index in [4.69, 9.17) is 0 Å². The van der Waals surface area contributed by atoms with Gasteiger partial charge in [-0.1, -0.05) is 15.8 Å². The summed E-state index contributed by atoms with van der Waals surface area (Å²) in [4.78, 5) is 10.6. The molecule has 0 heterocycles. The predicted octanol–water partition coefficient (Wildman–Crippen LogP) is 2.37. The van der Waals surface area contributed by atoms with Crippen LogP contribution in [0.25, 0.3) is 0 Å². The molecule has 0 aromatic rings. The number of alkyl halides is 6. The van der Waals surface area contributed by atoms with Gasteiger partial charge in [0.15, 0.2) is 0 Å². The van der Waals surface area contributed by atoms with E-state index in [-0.39, 0.29) is 14.9 Å². The summed E-state index contributed by atoms with van der Waals surface area (Å²) in [5.74, 6) is -13.9. The highest BCUT2D eigenvalue weighted by Gasteiger charge is 2.73. The number of nitrogens with one attached hydrogen (secondary N) is 1. The number of rotatable bonds is 4. The second-order valence-corrected chi connectivity index (χ2v) is 3.73. The van der Waals surface area contributed by atoms with E-state index >= 15 is 0 Å². The van der Waals surface area contributed by atoms with Crippen molar-refractivity contribution in [3.05, 3.63) is 12.3 Å².